The number of nitrogens with two attached hydrogens (primary N) is 2. The van der Waals surface area contributed by atoms with Crippen molar-refractivity contribution in [2.24, 2.45) is 11.5 Å². The Bertz CT molecular complexity index is 550. The van der Waals surface area contributed by atoms with Gasteiger partial charge in [0.2, 0.25) is 5.88 Å². The molecule has 0 bridgehead atoms. The van der Waals surface area contributed by atoms with Crippen LogP contribution in [0.5, 0.6) is 5.88 Å². The first kappa shape index (κ1) is 15.0. The van der Waals surface area contributed by atoms with Gasteiger partial charge in [0.25, 0.3) is 5.91 Å². The van der Waals surface area contributed by atoms with Crippen molar-refractivity contribution in [2.45, 2.75) is 12.1 Å². The number of carbonyl (C=O) groups is 1. The lowest BCUT2D eigenvalue weighted by atomic mass is 10.1. The van der Waals surface area contributed by atoms with E-state index < -0.39 is 12.1 Å². The Labute approximate surface area is 123 Å². The van der Waals surface area contributed by atoms with Gasteiger partial charge in [-0.1, -0.05) is 36.4 Å². The number of hydrogen-bond acceptors (Lipinski definition) is 5. The van der Waals surface area contributed by atoms with E-state index in [0.717, 1.165) is 0 Å². The molecule has 6 heteroatoms. The van der Waals surface area contributed by atoms with Crippen LogP contribution in [0.15, 0.2) is 54.7 Å². The van der Waals surface area contributed by atoms with E-state index in [4.69, 9.17) is 16.2 Å². The van der Waals surface area contributed by atoms with E-state index in [1.54, 1.807) is 18.3 Å². The van der Waals surface area contributed by atoms with E-state index in [-0.39, 0.29) is 12.5 Å². The van der Waals surface area contributed by atoms with Crippen molar-refractivity contribution in [3.8, 4) is 5.88 Å². The zero-order valence-electron chi connectivity index (χ0n) is 11.5. The summed E-state index contributed by atoms with van der Waals surface area (Å²) >= 11 is 0. The largest absolute Gasteiger partial charge is 0.461 e. The molecule has 0 fully saturated rings. The number of amides is 1. The Morgan fingerprint density at radius 1 is 1.19 bits per heavy atom. The van der Waals surface area contributed by atoms with Gasteiger partial charge in [-0.3, -0.25) is 4.79 Å². The van der Waals surface area contributed by atoms with Gasteiger partial charge in [-0.2, -0.15) is 0 Å². The molecule has 0 radical (unpaired) electrons. The predicted molar refractivity (Wildman–Crippen MR) is 80.8 cm³/mol. The summed E-state index contributed by atoms with van der Waals surface area (Å²) < 4.78 is 5.37. The molecule has 0 saturated carbocycles. The van der Waals surface area contributed by atoms with Crippen LogP contribution in [0.25, 0.3) is 0 Å². The predicted octanol–water partition coefficient (Wildman–Crippen LogP) is 0.754. The smallest absolute Gasteiger partial charge is 0.267 e. The third-order valence-electron chi connectivity index (χ3n) is 2.85. The van der Waals surface area contributed by atoms with Crippen LogP contribution in [0.1, 0.15) is 0 Å². The van der Waals surface area contributed by atoms with Crippen molar-refractivity contribution >= 4 is 11.6 Å². The molecule has 2 unspecified atom stereocenters. The molecule has 2 atom stereocenters. The van der Waals surface area contributed by atoms with Crippen LogP contribution in [0.3, 0.4) is 0 Å². The average Bonchev–Trinajstić information content (AvgIpc) is 2.55. The second-order valence-corrected chi connectivity index (χ2v) is 4.44. The van der Waals surface area contributed by atoms with Crippen molar-refractivity contribution in [1.82, 2.24) is 4.98 Å². The van der Waals surface area contributed by atoms with Gasteiger partial charge in [0, 0.05) is 12.7 Å². The van der Waals surface area contributed by atoms with Crippen molar-refractivity contribution < 1.29 is 9.53 Å². The van der Waals surface area contributed by atoms with Crippen LogP contribution in [-0.2, 0) is 4.79 Å². The van der Waals surface area contributed by atoms with Gasteiger partial charge < -0.3 is 21.5 Å². The third kappa shape index (κ3) is 4.01. The standard InChI is InChI=1S/C9H12N4O2.C6H6/c10-4-5(11)7-8(14)13-6-2-1-3-12-9(6)15-7;1-2-4-6-5-3-1/h1-3,5,7H,4,10-11H2,(H,13,14);1-6H. The Balaban J connectivity index is 0.000000225. The topological polar surface area (TPSA) is 103 Å². The van der Waals surface area contributed by atoms with Crippen molar-refractivity contribution in [3.63, 3.8) is 0 Å². The van der Waals surface area contributed by atoms with Crippen LogP contribution in [0.2, 0.25) is 0 Å². The van der Waals surface area contributed by atoms with Crippen LogP contribution in [-0.4, -0.2) is 29.6 Å². The summed E-state index contributed by atoms with van der Waals surface area (Å²) in [6, 6.07) is 14.9. The Kier molecular flexibility index (Phi) is 5.25. The second-order valence-electron chi connectivity index (χ2n) is 4.44. The first-order chi connectivity index (χ1) is 10.2. The van der Waals surface area contributed by atoms with Crippen LogP contribution in [0.4, 0.5) is 5.69 Å². The molecule has 1 aliphatic heterocycles. The van der Waals surface area contributed by atoms with Gasteiger partial charge in [0.1, 0.15) is 5.69 Å². The van der Waals surface area contributed by atoms with E-state index in [2.05, 4.69) is 10.3 Å². The third-order valence-corrected chi connectivity index (χ3v) is 2.85. The number of nitrogens with one attached hydrogen (secondary N) is 1. The van der Waals surface area contributed by atoms with E-state index in [9.17, 15) is 4.79 Å². The lowest BCUT2D eigenvalue weighted by Crippen LogP contribution is -2.52. The number of benzene rings is 1. The molecule has 1 aromatic heterocycles. The fourth-order valence-corrected chi connectivity index (χ4v) is 1.75. The molecule has 21 heavy (non-hydrogen) atoms. The normalized spacial score (nSPS) is 17.4. The summed E-state index contributed by atoms with van der Waals surface area (Å²) in [5.74, 6) is 0.0967. The number of nitrogens with zero attached hydrogens (tertiary/aromatic N) is 1. The molecule has 110 valence electrons. The lowest BCUT2D eigenvalue weighted by Gasteiger charge is -2.27. The van der Waals surface area contributed by atoms with Crippen LogP contribution in [0, 0.1) is 0 Å². The number of aromatic nitrogens is 1. The van der Waals surface area contributed by atoms with Gasteiger partial charge in [-0.15, -0.1) is 0 Å². The second kappa shape index (κ2) is 7.37. The summed E-state index contributed by atoms with van der Waals surface area (Å²) in [6.07, 6.45) is 0.818. The molecule has 1 aromatic carbocycles. The highest BCUT2D eigenvalue weighted by Crippen LogP contribution is 2.26. The van der Waals surface area contributed by atoms with Gasteiger partial charge >= 0.3 is 0 Å². The maximum atomic E-state index is 11.6. The zero-order chi connectivity index (χ0) is 15.1. The zero-order valence-corrected chi connectivity index (χ0v) is 11.5. The Hall–Kier alpha value is -2.44. The van der Waals surface area contributed by atoms with Gasteiger partial charge in [-0.25, -0.2) is 4.98 Å². The summed E-state index contributed by atoms with van der Waals surface area (Å²) in [6.45, 7) is 0.181. The van der Waals surface area contributed by atoms with Crippen LogP contribution < -0.4 is 21.5 Å². The van der Waals surface area contributed by atoms with E-state index in [1.165, 1.54) is 0 Å². The molecule has 6 nitrogen and oxygen atoms in total. The Morgan fingerprint density at radius 2 is 1.81 bits per heavy atom. The average molecular weight is 286 g/mol. The number of anilines is 1. The quantitative estimate of drug-likeness (QED) is 0.756. The van der Waals surface area contributed by atoms with Crippen molar-refractivity contribution in [3.05, 3.63) is 54.7 Å². The maximum Gasteiger partial charge on any atom is 0.267 e. The molecule has 0 saturated heterocycles. The van der Waals surface area contributed by atoms with E-state index in [1.807, 2.05) is 36.4 Å². The summed E-state index contributed by atoms with van der Waals surface area (Å²) in [7, 11) is 0. The minimum atomic E-state index is -0.766. The first-order valence-corrected chi connectivity index (χ1v) is 6.60. The molecule has 3 rings (SSSR count). The maximum absolute atomic E-state index is 11.6. The SMILES string of the molecule is NCC(N)C1Oc2ncccc2NC1=O.c1ccccc1. The minimum absolute atomic E-state index is 0.181. The molecule has 0 aliphatic carbocycles. The van der Waals surface area contributed by atoms with Gasteiger partial charge in [0.15, 0.2) is 6.10 Å². The van der Waals surface area contributed by atoms with Crippen LogP contribution >= 0.6 is 0 Å². The fourth-order valence-electron chi connectivity index (χ4n) is 1.75. The molecule has 1 aliphatic rings. The highest BCUT2D eigenvalue weighted by molar-refractivity contribution is 5.97. The molecule has 2 aromatic rings. The molecule has 5 N–H and O–H groups in total. The van der Waals surface area contributed by atoms with Crippen molar-refractivity contribution in [1.29, 1.82) is 0 Å². The number of hydrogen-bond donors (Lipinski definition) is 3. The van der Waals surface area contributed by atoms with E-state index in [0.29, 0.717) is 11.6 Å². The summed E-state index contributed by atoms with van der Waals surface area (Å²) in [5, 5.41) is 2.66. The monoisotopic (exact) mass is 286 g/mol. The highest BCUT2D eigenvalue weighted by atomic mass is 16.5. The van der Waals surface area contributed by atoms with E-state index >= 15 is 0 Å². The minimum Gasteiger partial charge on any atom is -0.461 e. The summed E-state index contributed by atoms with van der Waals surface area (Å²) in [4.78, 5) is 15.5. The fraction of sp³-hybridized carbons (Fsp3) is 0.200. The number of carbonyl (C=O) groups excluding carboxylic acids is 1. The lowest BCUT2D eigenvalue weighted by molar-refractivity contribution is -0.124. The summed E-state index contributed by atoms with van der Waals surface area (Å²) in [5.41, 5.74) is 11.6. The number of ether oxygens (including phenoxy) is 1. The molecule has 0 spiro atoms. The number of rotatable bonds is 2. The molecule has 2 heterocycles. The molecular formula is C15H18N4O2. The number of pyridine rings is 1. The highest BCUT2D eigenvalue weighted by Gasteiger charge is 2.32. The Morgan fingerprint density at radius 3 is 2.38 bits per heavy atom. The van der Waals surface area contributed by atoms with Gasteiger partial charge in [0.05, 0.1) is 6.04 Å². The molecule has 1 amide bonds. The van der Waals surface area contributed by atoms with Gasteiger partial charge in [-0.05, 0) is 12.1 Å². The molecular weight excluding hydrogens is 268 g/mol. The number of fused-ring (bicyclic) bond motifs is 1. The first-order valence-electron chi connectivity index (χ1n) is 6.60. The van der Waals surface area contributed by atoms with Crippen molar-refractivity contribution in [2.75, 3.05) is 11.9 Å².